The van der Waals surface area contributed by atoms with Crippen LogP contribution in [0.1, 0.15) is 17.0 Å². The predicted molar refractivity (Wildman–Crippen MR) is 134 cm³/mol. The smallest absolute Gasteiger partial charge is 0.193 e. The molecule has 0 aliphatic carbocycles. The molecule has 0 radical (unpaired) electrons. The topological polar surface area (TPSA) is 45.5 Å². The highest BCUT2D eigenvalue weighted by atomic mass is 127. The van der Waals surface area contributed by atoms with Crippen molar-refractivity contribution >= 4 is 45.9 Å². The molecule has 2 aromatic carbocycles. The summed E-state index contributed by atoms with van der Waals surface area (Å²) in [5, 5.41) is 3.44. The van der Waals surface area contributed by atoms with Gasteiger partial charge in [0.1, 0.15) is 5.82 Å². The van der Waals surface area contributed by atoms with E-state index >= 15 is 0 Å². The Balaban J connectivity index is 0.00000300. The number of nitrogens with one attached hydrogen (secondary N) is 1. The average Bonchev–Trinajstić information content (AvgIpc) is 3.14. The maximum absolute atomic E-state index is 4.52. The van der Waals surface area contributed by atoms with Crippen LogP contribution < -0.4 is 5.32 Å². The molecule has 0 aliphatic heterocycles. The fourth-order valence-corrected chi connectivity index (χ4v) is 3.37. The SMILES string of the molecule is CN=C(NCCc1nccn1Cc1ccccc1)N(C)Cc1ccc(Br)cc1.I. The summed E-state index contributed by atoms with van der Waals surface area (Å²) in [6.07, 6.45) is 4.74. The minimum atomic E-state index is 0. The molecular weight excluding hydrogens is 541 g/mol. The van der Waals surface area contributed by atoms with Gasteiger partial charge in [-0.1, -0.05) is 58.4 Å². The Morgan fingerprint density at radius 3 is 2.52 bits per heavy atom. The van der Waals surface area contributed by atoms with Crippen LogP contribution in [0.4, 0.5) is 0 Å². The minimum absolute atomic E-state index is 0. The van der Waals surface area contributed by atoms with Gasteiger partial charge in [-0.05, 0) is 23.3 Å². The van der Waals surface area contributed by atoms with Crippen LogP contribution in [0.5, 0.6) is 0 Å². The molecule has 5 nitrogen and oxygen atoms in total. The molecule has 0 amide bonds. The Labute approximate surface area is 198 Å². The summed E-state index contributed by atoms with van der Waals surface area (Å²) in [5.74, 6) is 1.95. The summed E-state index contributed by atoms with van der Waals surface area (Å²) in [4.78, 5) is 11.1. The highest BCUT2D eigenvalue weighted by Crippen LogP contribution is 2.12. The van der Waals surface area contributed by atoms with Crippen molar-refractivity contribution in [3.05, 3.63) is 88.4 Å². The first-order valence-corrected chi connectivity index (χ1v) is 10.1. The number of hydrogen-bond acceptors (Lipinski definition) is 2. The molecular formula is C22H27BrIN5. The average molecular weight is 568 g/mol. The molecule has 0 saturated carbocycles. The van der Waals surface area contributed by atoms with Gasteiger partial charge in [-0.25, -0.2) is 4.98 Å². The second-order valence-corrected chi connectivity index (χ2v) is 7.58. The third kappa shape index (κ3) is 7.15. The van der Waals surface area contributed by atoms with Crippen molar-refractivity contribution < 1.29 is 0 Å². The van der Waals surface area contributed by atoms with E-state index in [1.807, 2.05) is 32.6 Å². The summed E-state index contributed by atoms with van der Waals surface area (Å²) in [6, 6.07) is 18.8. The van der Waals surface area contributed by atoms with Gasteiger partial charge in [-0.3, -0.25) is 4.99 Å². The molecule has 3 aromatic rings. The number of benzene rings is 2. The molecule has 3 rings (SSSR count). The summed E-state index contributed by atoms with van der Waals surface area (Å²) >= 11 is 3.48. The van der Waals surface area contributed by atoms with Crippen molar-refractivity contribution in [1.29, 1.82) is 0 Å². The molecule has 1 aromatic heterocycles. The zero-order chi connectivity index (χ0) is 19.8. The summed E-state index contributed by atoms with van der Waals surface area (Å²) in [6.45, 7) is 2.42. The van der Waals surface area contributed by atoms with Crippen molar-refractivity contribution in [1.82, 2.24) is 19.8 Å². The summed E-state index contributed by atoms with van der Waals surface area (Å²) in [7, 11) is 3.87. The predicted octanol–water partition coefficient (Wildman–Crippen LogP) is 4.56. The third-order valence-electron chi connectivity index (χ3n) is 4.54. The molecule has 0 saturated heterocycles. The first kappa shape index (κ1) is 23.4. The van der Waals surface area contributed by atoms with Gasteiger partial charge in [-0.2, -0.15) is 0 Å². The van der Waals surface area contributed by atoms with Crippen LogP contribution >= 0.6 is 39.9 Å². The monoisotopic (exact) mass is 567 g/mol. The first-order valence-electron chi connectivity index (χ1n) is 9.36. The minimum Gasteiger partial charge on any atom is -0.356 e. The second kappa shape index (κ2) is 12.0. The van der Waals surface area contributed by atoms with Gasteiger partial charge in [-0.15, -0.1) is 24.0 Å². The van der Waals surface area contributed by atoms with Gasteiger partial charge in [0.2, 0.25) is 0 Å². The standard InChI is InChI=1S/C22H26BrN5.HI/c1-24-22(27(2)16-19-8-10-20(23)11-9-19)26-13-12-21-25-14-15-28(21)17-18-6-4-3-5-7-18;/h3-11,14-15H,12-13,16-17H2,1-2H3,(H,24,26);1H. The van der Waals surface area contributed by atoms with Crippen molar-refractivity contribution in [3.8, 4) is 0 Å². The number of aliphatic imine (C=N–C) groups is 1. The van der Waals surface area contributed by atoms with Crippen LogP contribution in [0.3, 0.4) is 0 Å². The quantitative estimate of drug-likeness (QED) is 0.259. The number of nitrogens with zero attached hydrogens (tertiary/aromatic N) is 4. The Morgan fingerprint density at radius 1 is 1.10 bits per heavy atom. The lowest BCUT2D eigenvalue weighted by Gasteiger charge is -2.22. The zero-order valence-electron chi connectivity index (χ0n) is 16.8. The van der Waals surface area contributed by atoms with E-state index < -0.39 is 0 Å². The van der Waals surface area contributed by atoms with Crippen molar-refractivity contribution in [2.24, 2.45) is 4.99 Å². The van der Waals surface area contributed by atoms with Gasteiger partial charge in [0.15, 0.2) is 5.96 Å². The van der Waals surface area contributed by atoms with E-state index in [9.17, 15) is 0 Å². The van der Waals surface area contributed by atoms with Crippen molar-refractivity contribution in [2.45, 2.75) is 19.5 Å². The van der Waals surface area contributed by atoms with Crippen LogP contribution in [-0.4, -0.2) is 41.1 Å². The lowest BCUT2D eigenvalue weighted by molar-refractivity contribution is 0.476. The van der Waals surface area contributed by atoms with E-state index in [2.05, 4.69) is 89.2 Å². The maximum atomic E-state index is 4.52. The lowest BCUT2D eigenvalue weighted by atomic mass is 10.2. The van der Waals surface area contributed by atoms with Crippen LogP contribution in [0.25, 0.3) is 0 Å². The number of imidazole rings is 1. The number of halogens is 2. The maximum Gasteiger partial charge on any atom is 0.193 e. The number of rotatable bonds is 7. The van der Waals surface area contributed by atoms with Crippen LogP contribution in [0, 0.1) is 0 Å². The number of hydrogen-bond donors (Lipinski definition) is 1. The van der Waals surface area contributed by atoms with Gasteiger partial charge >= 0.3 is 0 Å². The van der Waals surface area contributed by atoms with E-state index in [1.54, 1.807) is 0 Å². The molecule has 0 bridgehead atoms. The van der Waals surface area contributed by atoms with Crippen LogP contribution in [-0.2, 0) is 19.5 Å². The van der Waals surface area contributed by atoms with Gasteiger partial charge < -0.3 is 14.8 Å². The van der Waals surface area contributed by atoms with Crippen molar-refractivity contribution in [2.75, 3.05) is 20.6 Å². The van der Waals surface area contributed by atoms with Gasteiger partial charge in [0.05, 0.1) is 0 Å². The fraction of sp³-hybridized carbons (Fsp3) is 0.273. The largest absolute Gasteiger partial charge is 0.356 e. The fourth-order valence-electron chi connectivity index (χ4n) is 3.10. The summed E-state index contributed by atoms with van der Waals surface area (Å²) < 4.78 is 3.29. The Kier molecular flexibility index (Phi) is 9.66. The van der Waals surface area contributed by atoms with Crippen molar-refractivity contribution in [3.63, 3.8) is 0 Å². The Morgan fingerprint density at radius 2 is 1.83 bits per heavy atom. The zero-order valence-corrected chi connectivity index (χ0v) is 20.7. The Hall–Kier alpha value is -1.87. The molecule has 0 fully saturated rings. The van der Waals surface area contributed by atoms with Crippen LogP contribution in [0.2, 0.25) is 0 Å². The molecule has 0 aliphatic rings. The molecule has 0 atom stereocenters. The van der Waals surface area contributed by atoms with E-state index in [0.29, 0.717) is 0 Å². The summed E-state index contributed by atoms with van der Waals surface area (Å²) in [5.41, 5.74) is 2.52. The molecule has 0 spiro atoms. The van der Waals surface area contributed by atoms with E-state index in [4.69, 9.17) is 0 Å². The van der Waals surface area contributed by atoms with Gasteiger partial charge in [0.25, 0.3) is 0 Å². The molecule has 0 unspecified atom stereocenters. The normalized spacial score (nSPS) is 11.1. The second-order valence-electron chi connectivity index (χ2n) is 6.66. The highest BCUT2D eigenvalue weighted by molar-refractivity contribution is 14.0. The number of aromatic nitrogens is 2. The molecule has 29 heavy (non-hydrogen) atoms. The molecule has 1 heterocycles. The van der Waals surface area contributed by atoms with E-state index in [0.717, 1.165) is 42.3 Å². The molecule has 1 N–H and O–H groups in total. The number of guanidine groups is 1. The Bertz CT molecular complexity index is 893. The third-order valence-corrected chi connectivity index (χ3v) is 5.06. The first-order chi connectivity index (χ1) is 13.7. The molecule has 154 valence electrons. The van der Waals surface area contributed by atoms with E-state index in [-0.39, 0.29) is 24.0 Å². The lowest BCUT2D eigenvalue weighted by Crippen LogP contribution is -2.39. The van der Waals surface area contributed by atoms with E-state index in [1.165, 1.54) is 11.1 Å². The van der Waals surface area contributed by atoms with Crippen LogP contribution in [0.15, 0.2) is 76.5 Å². The molecule has 7 heteroatoms. The van der Waals surface area contributed by atoms with Gasteiger partial charge in [0, 0.05) is 57.0 Å². The highest BCUT2D eigenvalue weighted by Gasteiger charge is 2.08.